The van der Waals surface area contributed by atoms with Crippen LogP contribution < -0.4 is 15.4 Å². The lowest BCUT2D eigenvalue weighted by atomic mass is 10.3. The number of aromatic nitrogens is 1. The van der Waals surface area contributed by atoms with E-state index in [2.05, 4.69) is 15.6 Å². The van der Waals surface area contributed by atoms with Gasteiger partial charge in [-0.3, -0.25) is 9.59 Å². The number of aromatic hydroxyl groups is 1. The fourth-order valence-corrected chi connectivity index (χ4v) is 3.20. The summed E-state index contributed by atoms with van der Waals surface area (Å²) in [5.74, 6) is 3.21. The first-order valence-electron chi connectivity index (χ1n) is 10.1. The number of carbonyl (C=O) groups excluding carboxylic acids is 2. The summed E-state index contributed by atoms with van der Waals surface area (Å²) in [6.07, 6.45) is 2.57. The summed E-state index contributed by atoms with van der Waals surface area (Å²) >= 11 is 1.71. The molecule has 0 radical (unpaired) electrons. The number of hydrogen-bond acceptors (Lipinski definition) is 6. The number of thioether (sulfide) groups is 1. The monoisotopic (exact) mass is 453 g/mol. The van der Waals surface area contributed by atoms with Crippen LogP contribution in [0.3, 0.4) is 0 Å². The molecular weight excluding hydrogens is 426 g/mol. The van der Waals surface area contributed by atoms with E-state index in [0.717, 1.165) is 30.2 Å². The van der Waals surface area contributed by atoms with Gasteiger partial charge in [0.05, 0.1) is 5.75 Å². The number of nitrogens with zero attached hydrogens (tertiary/aromatic N) is 1. The topological polar surface area (TPSA) is 101 Å². The molecule has 3 aromatic rings. The Hall–Kier alpha value is -3.52. The van der Waals surface area contributed by atoms with Gasteiger partial charge in [-0.2, -0.15) is 11.8 Å². The molecule has 2 aromatic carbocycles. The van der Waals surface area contributed by atoms with Gasteiger partial charge in [0.1, 0.15) is 17.2 Å². The average Bonchev–Trinajstić information content (AvgIpc) is 3.08. The van der Waals surface area contributed by atoms with Crippen molar-refractivity contribution in [2.45, 2.75) is 6.42 Å². The minimum absolute atomic E-state index is 0.0509. The number of ether oxygens (including phenoxy) is 1. The van der Waals surface area contributed by atoms with E-state index >= 15 is 0 Å². The second kappa shape index (κ2) is 14.5. The fraction of sp³-hybridized carbons (Fsp3) is 0.208. The molecule has 1 saturated heterocycles. The predicted molar refractivity (Wildman–Crippen MR) is 127 cm³/mol. The maximum Gasteiger partial charge on any atom is 0.273 e. The molecule has 7 nitrogen and oxygen atoms in total. The summed E-state index contributed by atoms with van der Waals surface area (Å²) in [4.78, 5) is 25.1. The molecular formula is C24H27N3O4S. The molecule has 8 heteroatoms. The Morgan fingerprint density at radius 3 is 2.22 bits per heavy atom. The van der Waals surface area contributed by atoms with Crippen LogP contribution in [-0.2, 0) is 4.79 Å². The first-order chi connectivity index (χ1) is 15.6. The molecule has 0 atom stereocenters. The van der Waals surface area contributed by atoms with E-state index in [-0.39, 0.29) is 23.3 Å². The zero-order chi connectivity index (χ0) is 23.0. The van der Waals surface area contributed by atoms with E-state index in [0.29, 0.717) is 5.75 Å². The largest absolute Gasteiger partial charge is 0.505 e. The quantitative estimate of drug-likeness (QED) is 0.557. The average molecular weight is 454 g/mol. The van der Waals surface area contributed by atoms with Gasteiger partial charge in [-0.25, -0.2) is 4.98 Å². The van der Waals surface area contributed by atoms with Crippen molar-refractivity contribution in [3.05, 3.63) is 84.7 Å². The van der Waals surface area contributed by atoms with Crippen LogP contribution in [0.25, 0.3) is 0 Å². The highest BCUT2D eigenvalue weighted by Gasteiger charge is 2.08. The van der Waals surface area contributed by atoms with Crippen molar-refractivity contribution in [3.63, 3.8) is 0 Å². The standard InChI is InChI=1S/C12H10O.C7H8N2O2.C5H9NOS/c1-3-7-11(8-4-1)13-12-9-5-2-6-10-12;1-8-7(11)6-5(10)3-2-4-9-6;7-5-4-8-3-1-2-6-5/h1-10H;2-4,10H,1H3,(H,8,11);1-4H2,(H,6,7). The Bertz CT molecular complexity index is 908. The van der Waals surface area contributed by atoms with Crippen molar-refractivity contribution < 1.29 is 19.4 Å². The third-order valence-electron chi connectivity index (χ3n) is 3.97. The maximum absolute atomic E-state index is 10.9. The number of amides is 2. The van der Waals surface area contributed by atoms with Gasteiger partial charge >= 0.3 is 0 Å². The van der Waals surface area contributed by atoms with Gasteiger partial charge < -0.3 is 20.5 Å². The molecule has 0 aliphatic carbocycles. The lowest BCUT2D eigenvalue weighted by Crippen LogP contribution is -2.23. The number of nitrogens with one attached hydrogen (secondary N) is 2. The van der Waals surface area contributed by atoms with Crippen molar-refractivity contribution in [1.29, 1.82) is 0 Å². The molecule has 0 spiro atoms. The van der Waals surface area contributed by atoms with Gasteiger partial charge in [0.25, 0.3) is 5.91 Å². The van der Waals surface area contributed by atoms with Crippen LogP contribution in [-0.4, -0.2) is 47.0 Å². The summed E-state index contributed by atoms with van der Waals surface area (Å²) in [5, 5.41) is 14.2. The van der Waals surface area contributed by atoms with Crippen molar-refractivity contribution in [2.24, 2.45) is 0 Å². The highest BCUT2D eigenvalue weighted by atomic mass is 32.2. The fourth-order valence-electron chi connectivity index (χ4n) is 2.42. The van der Waals surface area contributed by atoms with Gasteiger partial charge in [-0.05, 0) is 48.6 Å². The first-order valence-corrected chi connectivity index (χ1v) is 11.2. The summed E-state index contributed by atoms with van der Waals surface area (Å²) in [6.45, 7) is 0.867. The van der Waals surface area contributed by atoms with Gasteiger partial charge in [0.2, 0.25) is 5.91 Å². The summed E-state index contributed by atoms with van der Waals surface area (Å²) in [7, 11) is 1.48. The molecule has 0 saturated carbocycles. The van der Waals surface area contributed by atoms with Crippen LogP contribution in [0.2, 0.25) is 0 Å². The third kappa shape index (κ3) is 9.53. The minimum Gasteiger partial charge on any atom is -0.505 e. The molecule has 3 N–H and O–H groups in total. The molecule has 0 unspecified atom stereocenters. The SMILES string of the molecule is CNC(=O)c1ncccc1O.O=C1CSCCCN1.c1ccc(Oc2ccccc2)cc1. The van der Waals surface area contributed by atoms with Crippen molar-refractivity contribution in [2.75, 3.05) is 25.1 Å². The zero-order valence-electron chi connectivity index (χ0n) is 17.9. The summed E-state index contributed by atoms with van der Waals surface area (Å²) in [5.41, 5.74) is 0.0509. The van der Waals surface area contributed by atoms with Gasteiger partial charge in [0.15, 0.2) is 5.69 Å². The second-order valence-corrected chi connectivity index (χ2v) is 7.54. The Labute approximate surface area is 192 Å². The van der Waals surface area contributed by atoms with E-state index in [4.69, 9.17) is 9.84 Å². The number of para-hydroxylation sites is 2. The summed E-state index contributed by atoms with van der Waals surface area (Å²) in [6, 6.07) is 22.5. The van der Waals surface area contributed by atoms with Gasteiger partial charge in [-0.1, -0.05) is 36.4 Å². The number of hydrogen-bond donors (Lipinski definition) is 3. The van der Waals surface area contributed by atoms with Crippen molar-refractivity contribution >= 4 is 23.6 Å². The molecule has 168 valence electrons. The van der Waals surface area contributed by atoms with Crippen molar-refractivity contribution in [3.8, 4) is 17.2 Å². The van der Waals surface area contributed by atoms with Crippen LogP contribution in [0, 0.1) is 0 Å². The van der Waals surface area contributed by atoms with Crippen LogP contribution in [0.1, 0.15) is 16.9 Å². The first kappa shape index (κ1) is 24.7. The Morgan fingerprint density at radius 2 is 1.66 bits per heavy atom. The van der Waals surface area contributed by atoms with Crippen LogP contribution in [0.4, 0.5) is 0 Å². The lowest BCUT2D eigenvalue weighted by Gasteiger charge is -2.03. The molecule has 2 heterocycles. The van der Waals surface area contributed by atoms with E-state index in [1.165, 1.54) is 19.3 Å². The van der Waals surface area contributed by atoms with Crippen LogP contribution >= 0.6 is 11.8 Å². The highest BCUT2D eigenvalue weighted by molar-refractivity contribution is 7.99. The number of carbonyl (C=O) groups is 2. The number of benzene rings is 2. The zero-order valence-corrected chi connectivity index (χ0v) is 18.7. The minimum atomic E-state index is -0.386. The molecule has 1 fully saturated rings. The maximum atomic E-state index is 10.9. The smallest absolute Gasteiger partial charge is 0.273 e. The van der Waals surface area contributed by atoms with Crippen LogP contribution in [0.15, 0.2) is 79.0 Å². The molecule has 0 bridgehead atoms. The molecule has 2 amide bonds. The molecule has 1 aromatic heterocycles. The Morgan fingerprint density at radius 1 is 1.03 bits per heavy atom. The highest BCUT2D eigenvalue weighted by Crippen LogP contribution is 2.19. The second-order valence-electron chi connectivity index (χ2n) is 6.43. The van der Waals surface area contributed by atoms with E-state index in [9.17, 15) is 9.59 Å². The lowest BCUT2D eigenvalue weighted by molar-refractivity contribution is -0.118. The molecule has 1 aliphatic rings. The Balaban J connectivity index is 0.000000175. The third-order valence-corrected chi connectivity index (χ3v) is 5.02. The summed E-state index contributed by atoms with van der Waals surface area (Å²) < 4.78 is 5.58. The van der Waals surface area contributed by atoms with Crippen molar-refractivity contribution in [1.82, 2.24) is 15.6 Å². The normalized spacial score (nSPS) is 12.5. The van der Waals surface area contributed by atoms with Crippen LogP contribution in [0.5, 0.6) is 17.2 Å². The van der Waals surface area contributed by atoms with E-state index < -0.39 is 0 Å². The van der Waals surface area contributed by atoms with E-state index in [1.54, 1.807) is 17.8 Å². The predicted octanol–water partition coefficient (Wildman–Crippen LogP) is 3.87. The Kier molecular flexibility index (Phi) is 11.2. The molecule has 4 rings (SSSR count). The van der Waals surface area contributed by atoms with Gasteiger partial charge in [0, 0.05) is 19.8 Å². The van der Waals surface area contributed by atoms with E-state index in [1.807, 2.05) is 60.7 Å². The number of pyridine rings is 1. The molecule has 1 aliphatic heterocycles. The number of rotatable bonds is 3. The molecule has 32 heavy (non-hydrogen) atoms. The van der Waals surface area contributed by atoms with Gasteiger partial charge in [-0.15, -0.1) is 0 Å².